The highest BCUT2D eigenvalue weighted by molar-refractivity contribution is 4.61. The molecule has 0 aliphatic heterocycles. The molecular formula is C6H15NO. The van der Waals surface area contributed by atoms with Gasteiger partial charge in [-0.1, -0.05) is 20.3 Å². The molecule has 0 amide bonds. The molecule has 3 N–H and O–H groups in total. The van der Waals surface area contributed by atoms with Crippen molar-refractivity contribution in [2.45, 2.75) is 26.4 Å². The first-order chi connectivity index (χ1) is 3.72. The molecule has 0 spiro atoms. The lowest BCUT2D eigenvalue weighted by atomic mass is 10.0. The Kier molecular flexibility index (Phi) is 3.83. The summed E-state index contributed by atoms with van der Waals surface area (Å²) in [5, 5.41) is 9.00. The summed E-state index contributed by atoms with van der Waals surface area (Å²) in [6.45, 7) is 4.43. The van der Waals surface area contributed by atoms with Gasteiger partial charge in [0.2, 0.25) is 0 Å². The summed E-state index contributed by atoms with van der Waals surface area (Å²) >= 11 is 0. The first kappa shape index (κ1) is 7.92. The maximum absolute atomic E-state index is 9.00. The van der Waals surface area contributed by atoms with Gasteiger partial charge in [-0.2, -0.15) is 0 Å². The van der Waals surface area contributed by atoms with Gasteiger partial charge in [0.15, 0.2) is 0 Å². The molecule has 0 aromatic rings. The van der Waals surface area contributed by atoms with E-state index in [2.05, 4.69) is 0 Å². The van der Waals surface area contributed by atoms with Gasteiger partial charge in [-0.25, -0.2) is 0 Å². The Morgan fingerprint density at radius 3 is 2.25 bits per heavy atom. The van der Waals surface area contributed by atoms with E-state index in [0.717, 1.165) is 6.42 Å². The highest BCUT2D eigenvalue weighted by atomic mass is 16.3. The van der Waals surface area contributed by atoms with Crippen LogP contribution in [0, 0.1) is 5.92 Å². The molecule has 0 rings (SSSR count). The Hall–Kier alpha value is -0.0800. The summed E-state index contributed by atoms with van der Waals surface area (Å²) in [7, 11) is 0. The van der Waals surface area contributed by atoms with Crippen LogP contribution in [0.1, 0.15) is 20.3 Å². The minimum atomic E-state index is -0.306. The largest absolute Gasteiger partial charge is 0.392 e. The number of rotatable bonds is 3. The number of hydrogen-bond acceptors (Lipinski definition) is 2. The number of nitrogens with two attached hydrogens (primary N) is 1. The van der Waals surface area contributed by atoms with Crippen LogP contribution in [0.5, 0.6) is 0 Å². The monoisotopic (exact) mass is 117 g/mol. The van der Waals surface area contributed by atoms with Gasteiger partial charge < -0.3 is 10.8 Å². The summed E-state index contributed by atoms with van der Waals surface area (Å²) in [4.78, 5) is 0. The van der Waals surface area contributed by atoms with Crippen LogP contribution in [-0.4, -0.2) is 17.8 Å². The fraction of sp³-hybridized carbons (Fsp3) is 1.00. The third-order valence-corrected chi connectivity index (χ3v) is 1.54. The zero-order valence-corrected chi connectivity index (χ0v) is 5.59. The Morgan fingerprint density at radius 2 is 2.12 bits per heavy atom. The molecular weight excluding hydrogens is 102 g/mol. The molecule has 8 heavy (non-hydrogen) atoms. The fourth-order valence-corrected chi connectivity index (χ4v) is 0.504. The van der Waals surface area contributed by atoms with Crippen LogP contribution >= 0.6 is 0 Å². The topological polar surface area (TPSA) is 46.2 Å². The summed E-state index contributed by atoms with van der Waals surface area (Å²) in [6, 6.07) is 0. The Bertz CT molecular complexity index is 48.5. The van der Waals surface area contributed by atoms with Crippen molar-refractivity contribution in [3.63, 3.8) is 0 Å². The van der Waals surface area contributed by atoms with Crippen molar-refractivity contribution in [1.82, 2.24) is 0 Å². The molecule has 0 aromatic heterocycles. The molecule has 0 heterocycles. The van der Waals surface area contributed by atoms with Gasteiger partial charge in [-0.3, -0.25) is 0 Å². The lowest BCUT2D eigenvalue weighted by Crippen LogP contribution is -2.26. The second kappa shape index (κ2) is 3.87. The van der Waals surface area contributed by atoms with Crippen molar-refractivity contribution in [2.75, 3.05) is 6.54 Å². The standard InChI is InChI=1S/C6H15NO/c1-3-5(2)6(8)4-7/h5-6,8H,3-4,7H2,1-2H3/t5-,6+/m0/s1. The summed E-state index contributed by atoms with van der Waals surface area (Å²) in [6.07, 6.45) is 0.693. The molecule has 0 unspecified atom stereocenters. The van der Waals surface area contributed by atoms with Crippen molar-refractivity contribution in [1.29, 1.82) is 0 Å². The molecule has 0 saturated carbocycles. The van der Waals surface area contributed by atoms with Crippen molar-refractivity contribution in [3.8, 4) is 0 Å². The van der Waals surface area contributed by atoms with Crippen LogP contribution < -0.4 is 5.73 Å². The fourth-order valence-electron chi connectivity index (χ4n) is 0.504. The summed E-state index contributed by atoms with van der Waals surface area (Å²) in [5.41, 5.74) is 5.20. The number of hydrogen-bond donors (Lipinski definition) is 2. The van der Waals surface area contributed by atoms with Crippen molar-refractivity contribution in [2.24, 2.45) is 11.7 Å². The average molecular weight is 117 g/mol. The van der Waals surface area contributed by atoms with E-state index in [1.54, 1.807) is 0 Å². The van der Waals surface area contributed by atoms with Gasteiger partial charge in [-0.05, 0) is 5.92 Å². The zero-order valence-electron chi connectivity index (χ0n) is 5.59. The molecule has 0 bridgehead atoms. The zero-order chi connectivity index (χ0) is 6.57. The van der Waals surface area contributed by atoms with E-state index in [4.69, 9.17) is 10.8 Å². The number of aliphatic hydroxyl groups excluding tert-OH is 1. The minimum Gasteiger partial charge on any atom is -0.392 e. The highest BCUT2D eigenvalue weighted by Gasteiger charge is 2.07. The lowest BCUT2D eigenvalue weighted by Gasteiger charge is -2.13. The van der Waals surface area contributed by atoms with Gasteiger partial charge in [-0.15, -0.1) is 0 Å². The average Bonchev–Trinajstić information content (AvgIpc) is 1.84. The van der Waals surface area contributed by atoms with Gasteiger partial charge in [0.25, 0.3) is 0 Å². The minimum absolute atomic E-state index is 0.306. The van der Waals surface area contributed by atoms with Crippen molar-refractivity contribution >= 4 is 0 Å². The smallest absolute Gasteiger partial charge is 0.0687 e. The van der Waals surface area contributed by atoms with E-state index in [1.165, 1.54) is 0 Å². The lowest BCUT2D eigenvalue weighted by molar-refractivity contribution is 0.122. The second-order valence-electron chi connectivity index (χ2n) is 2.19. The van der Waals surface area contributed by atoms with E-state index >= 15 is 0 Å². The first-order valence-electron chi connectivity index (χ1n) is 3.10. The van der Waals surface area contributed by atoms with Crippen molar-refractivity contribution in [3.05, 3.63) is 0 Å². The molecule has 0 aliphatic carbocycles. The van der Waals surface area contributed by atoms with E-state index < -0.39 is 0 Å². The molecule has 0 fully saturated rings. The Balaban J connectivity index is 3.29. The van der Waals surface area contributed by atoms with Crippen LogP contribution in [0.25, 0.3) is 0 Å². The van der Waals surface area contributed by atoms with E-state index in [1.807, 2.05) is 13.8 Å². The Labute approximate surface area is 50.7 Å². The normalized spacial score (nSPS) is 18.0. The van der Waals surface area contributed by atoms with Gasteiger partial charge >= 0.3 is 0 Å². The predicted molar refractivity (Wildman–Crippen MR) is 34.5 cm³/mol. The molecule has 50 valence electrons. The van der Waals surface area contributed by atoms with Crippen LogP contribution in [0.4, 0.5) is 0 Å². The third-order valence-electron chi connectivity index (χ3n) is 1.54. The Morgan fingerprint density at radius 1 is 1.62 bits per heavy atom. The molecule has 0 saturated heterocycles. The van der Waals surface area contributed by atoms with E-state index in [0.29, 0.717) is 12.5 Å². The second-order valence-corrected chi connectivity index (χ2v) is 2.19. The molecule has 0 radical (unpaired) electrons. The SMILES string of the molecule is CC[C@H](C)[C@H](O)CN. The molecule has 2 nitrogen and oxygen atoms in total. The summed E-state index contributed by atoms with van der Waals surface area (Å²) < 4.78 is 0. The summed E-state index contributed by atoms with van der Waals surface area (Å²) in [5.74, 6) is 0.347. The maximum Gasteiger partial charge on any atom is 0.0687 e. The van der Waals surface area contributed by atoms with Crippen molar-refractivity contribution < 1.29 is 5.11 Å². The molecule has 0 aliphatic rings. The van der Waals surface area contributed by atoms with Crippen LogP contribution in [0.15, 0.2) is 0 Å². The highest BCUT2D eigenvalue weighted by Crippen LogP contribution is 2.04. The quantitative estimate of drug-likeness (QED) is 0.560. The first-order valence-corrected chi connectivity index (χ1v) is 3.10. The third kappa shape index (κ3) is 2.28. The molecule has 2 heteroatoms. The molecule has 2 atom stereocenters. The van der Waals surface area contributed by atoms with Gasteiger partial charge in [0.1, 0.15) is 0 Å². The number of aliphatic hydroxyl groups is 1. The van der Waals surface area contributed by atoms with Gasteiger partial charge in [0.05, 0.1) is 6.10 Å². The van der Waals surface area contributed by atoms with E-state index in [-0.39, 0.29) is 6.10 Å². The molecule has 0 aromatic carbocycles. The van der Waals surface area contributed by atoms with Crippen LogP contribution in [0.2, 0.25) is 0 Å². The predicted octanol–water partition coefficient (Wildman–Crippen LogP) is 0.352. The van der Waals surface area contributed by atoms with E-state index in [9.17, 15) is 0 Å². The van der Waals surface area contributed by atoms with Crippen LogP contribution in [-0.2, 0) is 0 Å². The van der Waals surface area contributed by atoms with Crippen LogP contribution in [0.3, 0.4) is 0 Å². The maximum atomic E-state index is 9.00. The van der Waals surface area contributed by atoms with Gasteiger partial charge in [0, 0.05) is 6.54 Å².